The number of rotatable bonds is 7. The van der Waals surface area contributed by atoms with Crippen LogP contribution in [0.5, 0.6) is 5.75 Å². The molecule has 0 unspecified atom stereocenters. The molecule has 0 atom stereocenters. The number of hydrogen-bond donors (Lipinski definition) is 1. The van der Waals surface area contributed by atoms with Gasteiger partial charge >= 0.3 is 5.97 Å². The van der Waals surface area contributed by atoms with E-state index in [0.717, 1.165) is 48.4 Å². The molecule has 4 rings (SSSR count). The highest BCUT2D eigenvalue weighted by Gasteiger charge is 2.29. The van der Waals surface area contributed by atoms with Crippen molar-refractivity contribution in [2.24, 2.45) is 5.41 Å². The van der Waals surface area contributed by atoms with E-state index in [1.165, 1.54) is 6.07 Å². The fourth-order valence-corrected chi connectivity index (χ4v) is 4.28. The second-order valence-electron chi connectivity index (χ2n) is 9.57. The summed E-state index contributed by atoms with van der Waals surface area (Å²) in [6, 6.07) is 10.1. The number of piperidine rings is 1. The van der Waals surface area contributed by atoms with Gasteiger partial charge in [-0.05, 0) is 43.4 Å². The lowest BCUT2D eigenvalue weighted by molar-refractivity contribution is -0.136. The topological polar surface area (TPSA) is 75.6 Å². The number of aryl methyl sites for hydroxylation is 1. The van der Waals surface area contributed by atoms with E-state index in [1.54, 1.807) is 36.7 Å². The second kappa shape index (κ2) is 9.79. The average molecular weight is 464 g/mol. The van der Waals surface area contributed by atoms with Crippen molar-refractivity contribution >= 4 is 11.7 Å². The van der Waals surface area contributed by atoms with E-state index in [9.17, 15) is 14.3 Å². The van der Waals surface area contributed by atoms with Crippen LogP contribution in [0.15, 0.2) is 48.8 Å². The molecule has 2 aromatic heterocycles. The largest absolute Gasteiger partial charge is 0.487 e. The summed E-state index contributed by atoms with van der Waals surface area (Å²) in [7, 11) is 0. The Balaban J connectivity index is 1.64. The molecule has 0 bridgehead atoms. The zero-order valence-electron chi connectivity index (χ0n) is 19.8. The first-order chi connectivity index (χ1) is 16.2. The van der Waals surface area contributed by atoms with E-state index < -0.39 is 5.97 Å². The summed E-state index contributed by atoms with van der Waals surface area (Å²) < 4.78 is 19.6. The highest BCUT2D eigenvalue weighted by atomic mass is 19.1. The minimum Gasteiger partial charge on any atom is -0.487 e. The van der Waals surface area contributed by atoms with Crippen LogP contribution in [0.2, 0.25) is 0 Å². The number of carboxylic acid groups (broad SMARTS) is 1. The minimum absolute atomic E-state index is 0.0915. The van der Waals surface area contributed by atoms with Gasteiger partial charge in [0.25, 0.3) is 0 Å². The summed E-state index contributed by atoms with van der Waals surface area (Å²) in [5.41, 5.74) is 4.59. The molecule has 6 nitrogen and oxygen atoms in total. The lowest BCUT2D eigenvalue weighted by Gasteiger charge is -2.40. The maximum Gasteiger partial charge on any atom is 0.307 e. The first kappa shape index (κ1) is 23.7. The summed E-state index contributed by atoms with van der Waals surface area (Å²) >= 11 is 0. The Labute approximate surface area is 199 Å². The third-order valence-corrected chi connectivity index (χ3v) is 6.49. The number of benzene rings is 1. The number of carbonyl (C=O) groups is 1. The number of pyridine rings is 2. The number of ether oxygens (including phenoxy) is 1. The molecule has 7 heteroatoms. The molecule has 1 fully saturated rings. The molecule has 3 heterocycles. The van der Waals surface area contributed by atoms with Crippen LogP contribution in [-0.4, -0.2) is 34.1 Å². The second-order valence-corrected chi connectivity index (χ2v) is 9.57. The van der Waals surface area contributed by atoms with E-state index in [0.29, 0.717) is 17.0 Å². The van der Waals surface area contributed by atoms with Gasteiger partial charge in [0.1, 0.15) is 18.2 Å². The third-order valence-electron chi connectivity index (χ3n) is 6.49. The summed E-state index contributed by atoms with van der Waals surface area (Å²) in [6.45, 7) is 8.19. The average Bonchev–Trinajstić information content (AvgIpc) is 2.80. The van der Waals surface area contributed by atoms with Crippen LogP contribution in [0.3, 0.4) is 0 Å². The number of carboxylic acids is 1. The van der Waals surface area contributed by atoms with Crippen LogP contribution < -0.4 is 9.64 Å². The molecule has 1 N–H and O–H groups in total. The molecule has 0 radical (unpaired) electrons. The molecule has 3 aromatic rings. The van der Waals surface area contributed by atoms with Gasteiger partial charge in [0.2, 0.25) is 0 Å². The molecular formula is C27H30FN3O3. The Kier molecular flexibility index (Phi) is 6.82. The van der Waals surface area contributed by atoms with Gasteiger partial charge in [0, 0.05) is 41.7 Å². The lowest BCUT2D eigenvalue weighted by Crippen LogP contribution is -2.38. The quantitative estimate of drug-likeness (QED) is 0.504. The van der Waals surface area contributed by atoms with Crippen molar-refractivity contribution in [2.75, 3.05) is 18.0 Å². The monoisotopic (exact) mass is 463 g/mol. The maximum absolute atomic E-state index is 13.9. The standard InChI is InChI=1S/C27H30FN3O3/c1-18-21(14-25(32)33)26(31-12-10-27(2,3)11-13-31)22(16-29-18)24-9-8-20(15-30-24)34-17-19-6-4-5-7-23(19)28/h4-9,15-16H,10-14,17H2,1-3H3,(H,32,33). The van der Waals surface area contributed by atoms with Gasteiger partial charge in [0.15, 0.2) is 0 Å². The van der Waals surface area contributed by atoms with Crippen LogP contribution in [0.1, 0.15) is 43.5 Å². The lowest BCUT2D eigenvalue weighted by atomic mass is 9.82. The Morgan fingerprint density at radius 3 is 2.50 bits per heavy atom. The highest BCUT2D eigenvalue weighted by Crippen LogP contribution is 2.39. The van der Waals surface area contributed by atoms with Gasteiger partial charge in [-0.2, -0.15) is 0 Å². The van der Waals surface area contributed by atoms with Gasteiger partial charge in [0.05, 0.1) is 24.0 Å². The molecule has 0 amide bonds. The number of nitrogens with zero attached hydrogens (tertiary/aromatic N) is 3. The van der Waals surface area contributed by atoms with Crippen molar-refractivity contribution in [3.8, 4) is 17.0 Å². The van der Waals surface area contributed by atoms with Crippen molar-refractivity contribution in [3.05, 3.63) is 71.4 Å². The Morgan fingerprint density at radius 2 is 1.85 bits per heavy atom. The molecule has 0 aliphatic carbocycles. The molecular weight excluding hydrogens is 433 g/mol. The van der Waals surface area contributed by atoms with E-state index in [4.69, 9.17) is 4.74 Å². The summed E-state index contributed by atoms with van der Waals surface area (Å²) in [5, 5.41) is 9.56. The zero-order valence-corrected chi connectivity index (χ0v) is 19.8. The molecule has 1 aromatic carbocycles. The fourth-order valence-electron chi connectivity index (χ4n) is 4.28. The van der Waals surface area contributed by atoms with Gasteiger partial charge in [-0.25, -0.2) is 4.39 Å². The minimum atomic E-state index is -0.884. The zero-order chi connectivity index (χ0) is 24.3. The number of anilines is 1. The number of halogens is 1. The fraction of sp³-hybridized carbons (Fsp3) is 0.370. The molecule has 1 aliphatic heterocycles. The van der Waals surface area contributed by atoms with E-state index >= 15 is 0 Å². The summed E-state index contributed by atoms with van der Waals surface area (Å²) in [4.78, 5) is 23.0. The van der Waals surface area contributed by atoms with Crippen molar-refractivity contribution in [3.63, 3.8) is 0 Å². The van der Waals surface area contributed by atoms with Crippen LogP contribution in [-0.2, 0) is 17.8 Å². The van der Waals surface area contributed by atoms with Gasteiger partial charge < -0.3 is 14.7 Å². The van der Waals surface area contributed by atoms with Crippen LogP contribution in [0, 0.1) is 18.2 Å². The third kappa shape index (κ3) is 5.35. The van der Waals surface area contributed by atoms with E-state index in [-0.39, 0.29) is 24.3 Å². The molecule has 0 spiro atoms. The van der Waals surface area contributed by atoms with Crippen molar-refractivity contribution in [1.29, 1.82) is 0 Å². The van der Waals surface area contributed by atoms with Crippen LogP contribution >= 0.6 is 0 Å². The molecule has 1 aliphatic rings. The molecule has 34 heavy (non-hydrogen) atoms. The van der Waals surface area contributed by atoms with Gasteiger partial charge in [-0.3, -0.25) is 14.8 Å². The number of hydrogen-bond acceptors (Lipinski definition) is 5. The first-order valence-electron chi connectivity index (χ1n) is 11.5. The summed E-state index contributed by atoms with van der Waals surface area (Å²) in [5.74, 6) is -0.664. The Bertz CT molecular complexity index is 1170. The number of aliphatic carboxylic acids is 1. The van der Waals surface area contributed by atoms with Crippen molar-refractivity contribution in [1.82, 2.24) is 9.97 Å². The van der Waals surface area contributed by atoms with E-state index in [1.807, 2.05) is 13.0 Å². The molecule has 1 saturated heterocycles. The van der Waals surface area contributed by atoms with Gasteiger partial charge in [-0.15, -0.1) is 0 Å². The molecule has 178 valence electrons. The Hall–Kier alpha value is -3.48. The number of aromatic nitrogens is 2. The Morgan fingerprint density at radius 1 is 1.12 bits per heavy atom. The predicted octanol–water partition coefficient (Wildman–Crippen LogP) is 5.42. The normalized spacial score (nSPS) is 15.2. The van der Waals surface area contributed by atoms with Crippen molar-refractivity contribution in [2.45, 2.75) is 46.6 Å². The van der Waals surface area contributed by atoms with Crippen LogP contribution in [0.25, 0.3) is 11.3 Å². The van der Waals surface area contributed by atoms with Gasteiger partial charge in [-0.1, -0.05) is 32.0 Å². The first-order valence-corrected chi connectivity index (χ1v) is 11.5. The SMILES string of the molecule is Cc1ncc(-c2ccc(OCc3ccccc3F)cn2)c(N2CCC(C)(C)CC2)c1CC(=O)O. The van der Waals surface area contributed by atoms with Crippen LogP contribution in [0.4, 0.5) is 10.1 Å². The predicted molar refractivity (Wildman–Crippen MR) is 130 cm³/mol. The molecule has 0 saturated carbocycles. The summed E-state index contributed by atoms with van der Waals surface area (Å²) in [6.07, 6.45) is 5.34. The van der Waals surface area contributed by atoms with E-state index in [2.05, 4.69) is 28.7 Å². The smallest absolute Gasteiger partial charge is 0.307 e. The van der Waals surface area contributed by atoms with Crippen molar-refractivity contribution < 1.29 is 19.0 Å². The highest BCUT2D eigenvalue weighted by molar-refractivity contribution is 5.83. The maximum atomic E-state index is 13.9.